The molecule has 1 aromatic carbocycles. The number of hydrogen-bond donors (Lipinski definition) is 1. The highest BCUT2D eigenvalue weighted by Gasteiger charge is 2.18. The molecule has 3 aromatic rings. The molecule has 3 rings (SSSR count). The summed E-state index contributed by atoms with van der Waals surface area (Å²) in [6.45, 7) is 1.94. The Hall–Kier alpha value is -1.67. The number of nitrogens with zero attached hydrogens (tertiary/aromatic N) is 1. The summed E-state index contributed by atoms with van der Waals surface area (Å²) in [6, 6.07) is 12.1. The number of halogens is 1. The number of rotatable bonds is 5. The minimum absolute atomic E-state index is 0.136. The van der Waals surface area contributed by atoms with Crippen molar-refractivity contribution < 1.29 is 12.9 Å². The molecule has 2 heterocycles. The van der Waals surface area contributed by atoms with Crippen LogP contribution in [-0.4, -0.2) is 13.6 Å². The van der Waals surface area contributed by atoms with Gasteiger partial charge in [-0.15, -0.1) is 11.3 Å². The summed E-state index contributed by atoms with van der Waals surface area (Å²) >= 11 is 7.16. The Bertz CT molecular complexity index is 932. The summed E-state index contributed by atoms with van der Waals surface area (Å²) in [7, 11) is -3.61. The van der Waals surface area contributed by atoms with Gasteiger partial charge >= 0.3 is 0 Å². The molecule has 0 aliphatic carbocycles. The number of thiophene rings is 1. The quantitative estimate of drug-likeness (QED) is 0.742. The monoisotopic (exact) mass is 368 g/mol. The summed E-state index contributed by atoms with van der Waals surface area (Å²) in [4.78, 5) is 0.712. The number of benzene rings is 1. The maximum atomic E-state index is 12.4. The second-order valence-electron chi connectivity index (χ2n) is 4.87. The molecule has 0 atom stereocenters. The second kappa shape index (κ2) is 6.45. The van der Waals surface area contributed by atoms with Crippen LogP contribution in [0.25, 0.3) is 10.6 Å². The molecule has 23 heavy (non-hydrogen) atoms. The lowest BCUT2D eigenvalue weighted by molar-refractivity contribution is 0.428. The first-order valence-electron chi connectivity index (χ1n) is 6.72. The van der Waals surface area contributed by atoms with Crippen LogP contribution in [0.3, 0.4) is 0 Å². The standard InChI is InChI=1S/C15H13ClN2O3S2/c1-10-8-13(21-18-10)14-6-7-15(22-14)23(19,20)17-9-11-4-2-3-5-12(11)16/h2-8,17H,9H2,1H3. The Morgan fingerprint density at radius 2 is 2.04 bits per heavy atom. The van der Waals surface area contributed by atoms with Gasteiger partial charge in [0.25, 0.3) is 0 Å². The molecule has 8 heteroatoms. The third-order valence-electron chi connectivity index (χ3n) is 3.13. The molecule has 5 nitrogen and oxygen atoms in total. The molecule has 0 radical (unpaired) electrons. The highest BCUT2D eigenvalue weighted by Crippen LogP contribution is 2.31. The van der Waals surface area contributed by atoms with Crippen LogP contribution in [0.2, 0.25) is 5.02 Å². The van der Waals surface area contributed by atoms with Gasteiger partial charge in [-0.1, -0.05) is 35.0 Å². The van der Waals surface area contributed by atoms with Gasteiger partial charge in [0.05, 0.1) is 10.6 Å². The van der Waals surface area contributed by atoms with Gasteiger partial charge in [-0.05, 0) is 30.7 Å². The molecule has 2 aromatic heterocycles. The molecule has 0 fully saturated rings. The van der Waals surface area contributed by atoms with Crippen molar-refractivity contribution in [2.45, 2.75) is 17.7 Å². The number of aromatic nitrogens is 1. The van der Waals surface area contributed by atoms with Crippen LogP contribution in [-0.2, 0) is 16.6 Å². The van der Waals surface area contributed by atoms with Crippen LogP contribution in [0.15, 0.2) is 51.2 Å². The fraction of sp³-hybridized carbons (Fsp3) is 0.133. The first-order chi connectivity index (χ1) is 11.0. The van der Waals surface area contributed by atoms with Gasteiger partial charge in [-0.2, -0.15) is 0 Å². The third-order valence-corrected chi connectivity index (χ3v) is 6.49. The van der Waals surface area contributed by atoms with E-state index in [1.54, 1.807) is 36.4 Å². The summed E-state index contributed by atoms with van der Waals surface area (Å²) in [5.41, 5.74) is 1.47. The lowest BCUT2D eigenvalue weighted by Gasteiger charge is -2.06. The molecule has 0 amide bonds. The number of hydrogen-bond acceptors (Lipinski definition) is 5. The van der Waals surface area contributed by atoms with Gasteiger partial charge in [0.15, 0.2) is 5.76 Å². The van der Waals surface area contributed by atoms with E-state index in [-0.39, 0.29) is 10.8 Å². The first-order valence-corrected chi connectivity index (χ1v) is 9.40. The van der Waals surface area contributed by atoms with E-state index in [1.165, 1.54) is 0 Å². The van der Waals surface area contributed by atoms with Gasteiger partial charge < -0.3 is 4.52 Å². The predicted octanol–water partition coefficient (Wildman–Crippen LogP) is 3.84. The first kappa shape index (κ1) is 16.2. The highest BCUT2D eigenvalue weighted by molar-refractivity contribution is 7.91. The molecule has 0 saturated heterocycles. The van der Waals surface area contributed by atoms with E-state index >= 15 is 0 Å². The Kier molecular flexibility index (Phi) is 4.54. The fourth-order valence-corrected chi connectivity index (χ4v) is 4.47. The minimum atomic E-state index is -3.61. The van der Waals surface area contributed by atoms with Crippen LogP contribution in [0.4, 0.5) is 0 Å². The molecular weight excluding hydrogens is 356 g/mol. The zero-order chi connectivity index (χ0) is 16.4. The van der Waals surface area contributed by atoms with Crippen LogP contribution in [0.1, 0.15) is 11.3 Å². The van der Waals surface area contributed by atoms with Crippen molar-refractivity contribution in [3.8, 4) is 10.6 Å². The predicted molar refractivity (Wildman–Crippen MR) is 90.0 cm³/mol. The van der Waals surface area contributed by atoms with Crippen LogP contribution >= 0.6 is 22.9 Å². The van der Waals surface area contributed by atoms with Crippen LogP contribution in [0, 0.1) is 6.92 Å². The van der Waals surface area contributed by atoms with Crippen molar-refractivity contribution in [2.24, 2.45) is 0 Å². The van der Waals surface area contributed by atoms with Crippen molar-refractivity contribution in [3.63, 3.8) is 0 Å². The Morgan fingerprint density at radius 3 is 2.74 bits per heavy atom. The van der Waals surface area contributed by atoms with E-state index in [1.807, 2.05) is 13.0 Å². The summed E-state index contributed by atoms with van der Waals surface area (Å²) in [6.07, 6.45) is 0. The van der Waals surface area contributed by atoms with Gasteiger partial charge in [-0.25, -0.2) is 13.1 Å². The SMILES string of the molecule is Cc1cc(-c2ccc(S(=O)(=O)NCc3ccccc3Cl)s2)on1. The minimum Gasteiger partial charge on any atom is -0.355 e. The van der Waals surface area contributed by atoms with E-state index in [0.717, 1.165) is 22.6 Å². The van der Waals surface area contributed by atoms with E-state index in [4.69, 9.17) is 16.1 Å². The topological polar surface area (TPSA) is 72.2 Å². The molecule has 0 spiro atoms. The molecular formula is C15H13ClN2O3S2. The Balaban J connectivity index is 1.78. The summed E-state index contributed by atoms with van der Waals surface area (Å²) in [5.74, 6) is 0.556. The Labute approximate surface area is 142 Å². The van der Waals surface area contributed by atoms with Gasteiger partial charge in [-0.3, -0.25) is 0 Å². The van der Waals surface area contributed by atoms with Gasteiger partial charge in [0.2, 0.25) is 10.0 Å². The average Bonchev–Trinajstić information content (AvgIpc) is 3.15. The molecule has 0 bridgehead atoms. The normalized spacial score (nSPS) is 11.7. The number of nitrogens with one attached hydrogen (secondary N) is 1. The third kappa shape index (κ3) is 3.64. The van der Waals surface area contributed by atoms with E-state index < -0.39 is 10.0 Å². The fourth-order valence-electron chi connectivity index (χ4n) is 1.96. The van der Waals surface area contributed by atoms with Crippen molar-refractivity contribution >= 4 is 33.0 Å². The maximum Gasteiger partial charge on any atom is 0.250 e. The average molecular weight is 369 g/mol. The van der Waals surface area contributed by atoms with E-state index in [0.29, 0.717) is 15.7 Å². The zero-order valence-electron chi connectivity index (χ0n) is 12.1. The summed E-state index contributed by atoms with van der Waals surface area (Å²) in [5, 5.41) is 4.33. The van der Waals surface area contributed by atoms with Crippen LogP contribution in [0.5, 0.6) is 0 Å². The van der Waals surface area contributed by atoms with Crippen molar-refractivity contribution in [1.29, 1.82) is 0 Å². The zero-order valence-corrected chi connectivity index (χ0v) is 14.5. The van der Waals surface area contributed by atoms with Crippen molar-refractivity contribution in [3.05, 3.63) is 58.7 Å². The Morgan fingerprint density at radius 1 is 1.26 bits per heavy atom. The molecule has 0 saturated carbocycles. The number of aryl methyl sites for hydroxylation is 1. The van der Waals surface area contributed by atoms with Crippen molar-refractivity contribution in [1.82, 2.24) is 9.88 Å². The number of sulfonamides is 1. The second-order valence-corrected chi connectivity index (χ2v) is 8.35. The maximum absolute atomic E-state index is 12.4. The lowest BCUT2D eigenvalue weighted by Crippen LogP contribution is -2.22. The summed E-state index contributed by atoms with van der Waals surface area (Å²) < 4.78 is 32.7. The van der Waals surface area contributed by atoms with E-state index in [2.05, 4.69) is 9.88 Å². The van der Waals surface area contributed by atoms with Gasteiger partial charge in [0, 0.05) is 17.6 Å². The smallest absolute Gasteiger partial charge is 0.250 e. The van der Waals surface area contributed by atoms with Crippen molar-refractivity contribution in [2.75, 3.05) is 0 Å². The lowest BCUT2D eigenvalue weighted by atomic mass is 10.2. The van der Waals surface area contributed by atoms with Crippen LogP contribution < -0.4 is 4.72 Å². The molecule has 0 aliphatic heterocycles. The molecule has 0 unspecified atom stereocenters. The largest absolute Gasteiger partial charge is 0.355 e. The van der Waals surface area contributed by atoms with Gasteiger partial charge in [0.1, 0.15) is 4.21 Å². The highest BCUT2D eigenvalue weighted by atomic mass is 35.5. The molecule has 1 N–H and O–H groups in total. The van der Waals surface area contributed by atoms with E-state index in [9.17, 15) is 8.42 Å². The molecule has 0 aliphatic rings. The molecule has 120 valence electrons.